The molecule has 3 aliphatic carbocycles. The summed E-state index contributed by atoms with van der Waals surface area (Å²) in [4.78, 5) is 0. The first-order valence-corrected chi connectivity index (χ1v) is 10.00. The third-order valence-corrected chi connectivity index (χ3v) is 8.14. The molecule has 0 amide bonds. The Morgan fingerprint density at radius 3 is 2.18 bits per heavy atom. The van der Waals surface area contributed by atoms with E-state index in [2.05, 4.69) is 10.6 Å². The lowest BCUT2D eigenvalue weighted by atomic mass is 9.61. The Balaban J connectivity index is 1.44. The molecule has 2 aliphatic heterocycles. The van der Waals surface area contributed by atoms with Gasteiger partial charge in [0.2, 0.25) is 0 Å². The van der Waals surface area contributed by atoms with Crippen LogP contribution in [0.5, 0.6) is 0 Å². The van der Waals surface area contributed by atoms with Gasteiger partial charge in [0.1, 0.15) is 0 Å². The largest absolute Gasteiger partial charge is 0.396 e. The minimum Gasteiger partial charge on any atom is -0.396 e. The zero-order valence-corrected chi connectivity index (χ0v) is 13.7. The van der Waals surface area contributed by atoms with Crippen molar-refractivity contribution in [3.05, 3.63) is 0 Å². The molecule has 3 heteroatoms. The van der Waals surface area contributed by atoms with Crippen LogP contribution >= 0.6 is 0 Å². The van der Waals surface area contributed by atoms with Gasteiger partial charge in [0.25, 0.3) is 0 Å². The number of fused-ring (bicyclic) bond motifs is 6. The summed E-state index contributed by atoms with van der Waals surface area (Å²) in [5.74, 6) is 3.83. The van der Waals surface area contributed by atoms with Crippen molar-refractivity contribution in [3.8, 4) is 0 Å². The lowest BCUT2D eigenvalue weighted by Gasteiger charge is -2.44. The molecule has 0 bridgehead atoms. The van der Waals surface area contributed by atoms with E-state index in [-0.39, 0.29) is 0 Å². The summed E-state index contributed by atoms with van der Waals surface area (Å²) < 4.78 is 0. The predicted molar refractivity (Wildman–Crippen MR) is 87.5 cm³/mol. The number of aliphatic hydroxyl groups is 1. The van der Waals surface area contributed by atoms with E-state index in [1.807, 2.05) is 0 Å². The summed E-state index contributed by atoms with van der Waals surface area (Å²) in [6, 6.07) is 2.84. The first-order valence-electron chi connectivity index (χ1n) is 10.00. The quantitative estimate of drug-likeness (QED) is 0.696. The molecule has 124 valence electrons. The molecular weight excluding hydrogens is 272 g/mol. The summed E-state index contributed by atoms with van der Waals surface area (Å²) in [7, 11) is 0. The van der Waals surface area contributed by atoms with E-state index in [0.29, 0.717) is 24.6 Å². The molecule has 0 aromatic heterocycles. The van der Waals surface area contributed by atoms with E-state index in [1.54, 1.807) is 0 Å². The highest BCUT2D eigenvalue weighted by atomic mass is 16.3. The molecule has 5 rings (SSSR count). The second-order valence-corrected chi connectivity index (χ2v) is 8.90. The summed E-state index contributed by atoms with van der Waals surface area (Å²) in [6.45, 7) is 0.402. The highest BCUT2D eigenvalue weighted by Gasteiger charge is 2.58. The van der Waals surface area contributed by atoms with Gasteiger partial charge in [-0.15, -0.1) is 0 Å². The van der Waals surface area contributed by atoms with E-state index < -0.39 is 0 Å². The van der Waals surface area contributed by atoms with E-state index in [9.17, 15) is 5.11 Å². The minimum absolute atomic E-state index is 0.402. The average molecular weight is 304 g/mol. The molecule has 0 spiro atoms. The van der Waals surface area contributed by atoms with E-state index in [1.165, 1.54) is 57.8 Å². The second kappa shape index (κ2) is 5.46. The molecule has 9 atom stereocenters. The van der Waals surface area contributed by atoms with E-state index >= 15 is 0 Å². The van der Waals surface area contributed by atoms with Crippen LogP contribution in [-0.2, 0) is 0 Å². The Hall–Kier alpha value is -0.120. The second-order valence-electron chi connectivity index (χ2n) is 8.90. The Kier molecular flexibility index (Phi) is 3.53. The van der Waals surface area contributed by atoms with Crippen molar-refractivity contribution >= 4 is 0 Å². The number of rotatable bonds is 1. The topological polar surface area (TPSA) is 44.3 Å². The van der Waals surface area contributed by atoms with Crippen LogP contribution in [0.25, 0.3) is 0 Å². The molecule has 5 aliphatic rings. The SMILES string of the molecule is OCC1C2NC3CCCCC3C2CC2NC3CCCCC3C21. The first kappa shape index (κ1) is 14.2. The third kappa shape index (κ3) is 1.98. The monoisotopic (exact) mass is 304 g/mol. The Morgan fingerprint density at radius 1 is 0.727 bits per heavy atom. The molecule has 0 radical (unpaired) electrons. The standard InChI is InChI=1S/C19H32N2O/c22-10-14-18-12-6-2-4-8-16(12)20-17(18)9-13-11-5-1-3-7-15(11)21-19(13)14/h11-22H,1-10H2. The van der Waals surface area contributed by atoms with Crippen molar-refractivity contribution < 1.29 is 5.11 Å². The van der Waals surface area contributed by atoms with Crippen LogP contribution < -0.4 is 10.6 Å². The van der Waals surface area contributed by atoms with Crippen LogP contribution in [0.15, 0.2) is 0 Å². The normalized spacial score (nSPS) is 56.9. The van der Waals surface area contributed by atoms with Crippen LogP contribution in [-0.4, -0.2) is 35.9 Å². The number of hydrogen-bond donors (Lipinski definition) is 3. The molecule has 3 N–H and O–H groups in total. The number of hydrogen-bond acceptors (Lipinski definition) is 3. The fourth-order valence-electron chi connectivity index (χ4n) is 7.40. The molecule has 9 unspecified atom stereocenters. The predicted octanol–water partition coefficient (Wildman–Crippen LogP) is 2.29. The molecule has 3 nitrogen and oxygen atoms in total. The molecular formula is C19H32N2O. The summed E-state index contributed by atoms with van der Waals surface area (Å²) >= 11 is 0. The van der Waals surface area contributed by atoms with Crippen molar-refractivity contribution in [3.63, 3.8) is 0 Å². The lowest BCUT2D eigenvalue weighted by molar-refractivity contribution is 0.0421. The van der Waals surface area contributed by atoms with Crippen molar-refractivity contribution in [2.45, 2.75) is 82.0 Å². The lowest BCUT2D eigenvalue weighted by Crippen LogP contribution is -2.52. The zero-order chi connectivity index (χ0) is 14.7. The van der Waals surface area contributed by atoms with Gasteiger partial charge >= 0.3 is 0 Å². The molecule has 0 aromatic carbocycles. The van der Waals surface area contributed by atoms with Gasteiger partial charge in [-0.2, -0.15) is 0 Å². The summed E-state index contributed by atoms with van der Waals surface area (Å²) in [5, 5.41) is 18.3. The minimum atomic E-state index is 0.402. The van der Waals surface area contributed by atoms with Gasteiger partial charge in [-0.3, -0.25) is 0 Å². The van der Waals surface area contributed by atoms with Crippen molar-refractivity contribution in [2.24, 2.45) is 29.6 Å². The molecule has 2 heterocycles. The number of aliphatic hydroxyl groups excluding tert-OH is 1. The Morgan fingerprint density at radius 2 is 1.41 bits per heavy atom. The molecule has 0 aromatic rings. The van der Waals surface area contributed by atoms with Gasteiger partial charge in [-0.1, -0.05) is 25.7 Å². The maximum Gasteiger partial charge on any atom is 0.0477 e. The van der Waals surface area contributed by atoms with Gasteiger partial charge < -0.3 is 15.7 Å². The first-order chi connectivity index (χ1) is 10.9. The van der Waals surface area contributed by atoms with Crippen LogP contribution in [0.1, 0.15) is 57.8 Å². The zero-order valence-electron chi connectivity index (χ0n) is 13.7. The molecule has 2 saturated heterocycles. The molecule has 5 fully saturated rings. The highest BCUT2D eigenvalue weighted by Crippen LogP contribution is 2.53. The average Bonchev–Trinajstić information content (AvgIpc) is 3.11. The highest BCUT2D eigenvalue weighted by molar-refractivity contribution is 5.13. The molecule has 22 heavy (non-hydrogen) atoms. The molecule has 3 saturated carbocycles. The third-order valence-electron chi connectivity index (χ3n) is 8.14. The van der Waals surface area contributed by atoms with Gasteiger partial charge in [0.15, 0.2) is 0 Å². The summed E-state index contributed by atoms with van der Waals surface area (Å²) in [6.07, 6.45) is 12.6. The number of nitrogens with one attached hydrogen (secondary N) is 2. The van der Waals surface area contributed by atoms with Gasteiger partial charge in [0.05, 0.1) is 0 Å². The van der Waals surface area contributed by atoms with Crippen LogP contribution in [0.2, 0.25) is 0 Å². The van der Waals surface area contributed by atoms with Crippen LogP contribution in [0.3, 0.4) is 0 Å². The van der Waals surface area contributed by atoms with Crippen LogP contribution in [0, 0.1) is 29.6 Å². The van der Waals surface area contributed by atoms with Crippen LogP contribution in [0.4, 0.5) is 0 Å². The van der Waals surface area contributed by atoms with E-state index in [0.717, 1.165) is 35.8 Å². The maximum atomic E-state index is 10.2. The van der Waals surface area contributed by atoms with Crippen molar-refractivity contribution in [1.82, 2.24) is 10.6 Å². The maximum absolute atomic E-state index is 10.2. The van der Waals surface area contributed by atoms with Gasteiger partial charge in [-0.25, -0.2) is 0 Å². The Labute approximate surface area is 134 Å². The fraction of sp³-hybridized carbons (Fsp3) is 1.00. The Bertz CT molecular complexity index is 426. The van der Waals surface area contributed by atoms with Crippen molar-refractivity contribution in [1.29, 1.82) is 0 Å². The fourth-order valence-corrected chi connectivity index (χ4v) is 7.40. The van der Waals surface area contributed by atoms with Crippen molar-refractivity contribution in [2.75, 3.05) is 6.61 Å². The van der Waals surface area contributed by atoms with Gasteiger partial charge in [0, 0.05) is 36.7 Å². The summed E-state index contributed by atoms with van der Waals surface area (Å²) in [5.41, 5.74) is 0. The van der Waals surface area contributed by atoms with E-state index in [4.69, 9.17) is 0 Å². The van der Waals surface area contributed by atoms with Gasteiger partial charge in [-0.05, 0) is 55.8 Å². The smallest absolute Gasteiger partial charge is 0.0477 e.